The Morgan fingerprint density at radius 1 is 1.50 bits per heavy atom. The Labute approximate surface area is 99.0 Å². The summed E-state index contributed by atoms with van der Waals surface area (Å²) >= 11 is 1.79. The molecule has 1 saturated carbocycles. The number of hydrogen-bond donors (Lipinski definition) is 0. The summed E-state index contributed by atoms with van der Waals surface area (Å²) in [7, 11) is 1.70. The monoisotopic (exact) mass is 240 g/mol. The van der Waals surface area contributed by atoms with Gasteiger partial charge in [-0.1, -0.05) is 12.8 Å². The molecule has 0 radical (unpaired) electrons. The van der Waals surface area contributed by atoms with E-state index >= 15 is 0 Å². The van der Waals surface area contributed by atoms with Crippen LogP contribution in [-0.2, 0) is 18.3 Å². The molecule has 0 unspecified atom stereocenters. The van der Waals surface area contributed by atoms with E-state index in [9.17, 15) is 4.79 Å². The van der Waals surface area contributed by atoms with E-state index in [2.05, 4.69) is 15.4 Å². The summed E-state index contributed by atoms with van der Waals surface area (Å²) in [5, 5.41) is 12.2. The molecular weight excluding hydrogens is 224 g/mol. The van der Waals surface area contributed by atoms with Crippen LogP contribution in [-0.4, -0.2) is 37.0 Å². The smallest absolute Gasteiger partial charge is 0.182 e. The normalized spacial score (nSPS) is 16.8. The molecule has 0 N–H and O–H groups in total. The second-order valence-electron chi connectivity index (χ2n) is 4.13. The maximum atomic E-state index is 11.6. The van der Waals surface area contributed by atoms with Gasteiger partial charge in [0.1, 0.15) is 5.78 Å². The Balaban J connectivity index is 1.71. The first-order valence-corrected chi connectivity index (χ1v) is 6.65. The molecule has 1 aromatic heterocycles. The molecule has 1 aromatic rings. The molecule has 1 heterocycles. The van der Waals surface area contributed by atoms with Gasteiger partial charge in [-0.15, -0.1) is 10.2 Å². The summed E-state index contributed by atoms with van der Waals surface area (Å²) in [5.41, 5.74) is 0. The molecule has 0 saturated heterocycles. The van der Waals surface area contributed by atoms with Crippen molar-refractivity contribution in [3.05, 3.63) is 5.82 Å². The van der Waals surface area contributed by atoms with Gasteiger partial charge in [-0.05, 0) is 18.1 Å². The quantitative estimate of drug-likeness (QED) is 0.768. The average Bonchev–Trinajstić information content (AvgIpc) is 2.87. The Hall–Kier alpha value is -0.910. The van der Waals surface area contributed by atoms with Gasteiger partial charge in [0.2, 0.25) is 0 Å². The zero-order chi connectivity index (χ0) is 11.4. The van der Waals surface area contributed by atoms with Gasteiger partial charge in [-0.2, -0.15) is 16.6 Å². The molecule has 0 amide bonds. The van der Waals surface area contributed by atoms with E-state index in [0.717, 1.165) is 0 Å². The number of aromatic nitrogens is 4. The Morgan fingerprint density at radius 2 is 2.25 bits per heavy atom. The molecule has 0 atom stereocenters. The van der Waals surface area contributed by atoms with Gasteiger partial charge in [0.15, 0.2) is 5.82 Å². The SMILES string of the molecule is Cn1nnc(CC(=O)CSC2CCCC2)n1. The van der Waals surface area contributed by atoms with E-state index in [1.165, 1.54) is 30.5 Å². The topological polar surface area (TPSA) is 60.7 Å². The number of aryl methyl sites for hydroxylation is 1. The van der Waals surface area contributed by atoms with Crippen molar-refractivity contribution in [3.63, 3.8) is 0 Å². The number of tetrazole rings is 1. The second-order valence-corrected chi connectivity index (χ2v) is 5.42. The van der Waals surface area contributed by atoms with Crippen molar-refractivity contribution in [2.24, 2.45) is 7.05 Å². The van der Waals surface area contributed by atoms with Crippen LogP contribution in [0.15, 0.2) is 0 Å². The predicted molar refractivity (Wildman–Crippen MR) is 62.2 cm³/mol. The van der Waals surface area contributed by atoms with E-state index < -0.39 is 0 Å². The number of carbonyl (C=O) groups is 1. The average molecular weight is 240 g/mol. The van der Waals surface area contributed by atoms with Crippen LogP contribution < -0.4 is 0 Å². The molecule has 1 fully saturated rings. The molecule has 1 aliphatic rings. The maximum Gasteiger partial charge on any atom is 0.182 e. The van der Waals surface area contributed by atoms with Crippen LogP contribution in [0, 0.1) is 0 Å². The molecule has 6 heteroatoms. The Morgan fingerprint density at radius 3 is 2.88 bits per heavy atom. The fourth-order valence-corrected chi connectivity index (χ4v) is 3.08. The van der Waals surface area contributed by atoms with Crippen molar-refractivity contribution in [2.75, 3.05) is 5.75 Å². The van der Waals surface area contributed by atoms with Gasteiger partial charge in [0.05, 0.1) is 19.2 Å². The summed E-state index contributed by atoms with van der Waals surface area (Å²) in [6.07, 6.45) is 5.48. The lowest BCUT2D eigenvalue weighted by atomic mass is 10.3. The van der Waals surface area contributed by atoms with Crippen LogP contribution in [0.1, 0.15) is 31.5 Å². The Bertz CT molecular complexity index is 359. The second kappa shape index (κ2) is 5.43. The third kappa shape index (κ3) is 3.30. The molecule has 5 nitrogen and oxygen atoms in total. The minimum atomic E-state index is 0.199. The summed E-state index contributed by atoms with van der Waals surface area (Å²) < 4.78 is 0. The molecule has 1 aliphatic carbocycles. The highest BCUT2D eigenvalue weighted by Gasteiger charge is 2.17. The highest BCUT2D eigenvalue weighted by atomic mass is 32.2. The lowest BCUT2D eigenvalue weighted by Crippen LogP contribution is -2.10. The third-order valence-corrected chi connectivity index (χ3v) is 4.12. The van der Waals surface area contributed by atoms with E-state index in [1.807, 2.05) is 0 Å². The first-order chi connectivity index (χ1) is 7.74. The molecule has 88 valence electrons. The molecule has 0 aliphatic heterocycles. The highest BCUT2D eigenvalue weighted by molar-refractivity contribution is 8.00. The van der Waals surface area contributed by atoms with Crippen molar-refractivity contribution in [3.8, 4) is 0 Å². The van der Waals surface area contributed by atoms with Gasteiger partial charge < -0.3 is 0 Å². The minimum absolute atomic E-state index is 0.199. The summed E-state index contributed by atoms with van der Waals surface area (Å²) in [4.78, 5) is 13.0. The van der Waals surface area contributed by atoms with Crippen LogP contribution in [0.5, 0.6) is 0 Å². The van der Waals surface area contributed by atoms with Crippen molar-refractivity contribution in [2.45, 2.75) is 37.4 Å². The third-order valence-electron chi connectivity index (χ3n) is 2.69. The van der Waals surface area contributed by atoms with Crippen LogP contribution in [0.25, 0.3) is 0 Å². The fraction of sp³-hybridized carbons (Fsp3) is 0.800. The zero-order valence-electron chi connectivity index (χ0n) is 9.43. The summed E-state index contributed by atoms with van der Waals surface area (Å²) in [5.74, 6) is 1.31. The Kier molecular flexibility index (Phi) is 3.93. The van der Waals surface area contributed by atoms with Gasteiger partial charge >= 0.3 is 0 Å². The number of ketones is 1. The molecular formula is C10H16N4OS. The van der Waals surface area contributed by atoms with Crippen molar-refractivity contribution in [1.82, 2.24) is 20.2 Å². The summed E-state index contributed by atoms with van der Waals surface area (Å²) in [6.45, 7) is 0. The van der Waals surface area contributed by atoms with Crippen LogP contribution in [0.2, 0.25) is 0 Å². The first-order valence-electron chi connectivity index (χ1n) is 5.60. The maximum absolute atomic E-state index is 11.6. The predicted octanol–water partition coefficient (Wildman–Crippen LogP) is 0.998. The van der Waals surface area contributed by atoms with Crippen molar-refractivity contribution < 1.29 is 4.79 Å². The number of nitrogens with zero attached hydrogens (tertiary/aromatic N) is 4. The number of carbonyl (C=O) groups excluding carboxylic acids is 1. The molecule has 0 aromatic carbocycles. The van der Waals surface area contributed by atoms with Crippen LogP contribution in [0.3, 0.4) is 0 Å². The van der Waals surface area contributed by atoms with E-state index in [4.69, 9.17) is 0 Å². The zero-order valence-corrected chi connectivity index (χ0v) is 10.2. The van der Waals surface area contributed by atoms with Crippen molar-refractivity contribution >= 4 is 17.5 Å². The lowest BCUT2D eigenvalue weighted by Gasteiger charge is -2.06. The van der Waals surface area contributed by atoms with Gasteiger partial charge in [0, 0.05) is 5.25 Å². The van der Waals surface area contributed by atoms with Crippen LogP contribution in [0.4, 0.5) is 0 Å². The minimum Gasteiger partial charge on any atom is -0.298 e. The number of Topliss-reactive ketones (excluding diaryl/α,β-unsaturated/α-hetero) is 1. The first kappa shape index (κ1) is 11.6. The summed E-state index contributed by atoms with van der Waals surface area (Å²) in [6, 6.07) is 0. The molecule has 0 bridgehead atoms. The van der Waals surface area contributed by atoms with E-state index in [1.54, 1.807) is 18.8 Å². The highest BCUT2D eigenvalue weighted by Crippen LogP contribution is 2.29. The van der Waals surface area contributed by atoms with E-state index in [0.29, 0.717) is 23.2 Å². The van der Waals surface area contributed by atoms with E-state index in [-0.39, 0.29) is 5.78 Å². The van der Waals surface area contributed by atoms with Gasteiger partial charge in [-0.25, -0.2) is 0 Å². The van der Waals surface area contributed by atoms with Gasteiger partial charge in [-0.3, -0.25) is 4.79 Å². The number of hydrogen-bond acceptors (Lipinski definition) is 5. The van der Waals surface area contributed by atoms with Crippen LogP contribution >= 0.6 is 11.8 Å². The molecule has 16 heavy (non-hydrogen) atoms. The fourth-order valence-electron chi connectivity index (χ4n) is 1.89. The number of thioether (sulfide) groups is 1. The lowest BCUT2D eigenvalue weighted by molar-refractivity contribution is -0.116. The van der Waals surface area contributed by atoms with Crippen molar-refractivity contribution in [1.29, 1.82) is 0 Å². The molecule has 0 spiro atoms. The largest absolute Gasteiger partial charge is 0.298 e. The van der Waals surface area contributed by atoms with Gasteiger partial charge in [0.25, 0.3) is 0 Å². The molecule has 2 rings (SSSR count). The number of rotatable bonds is 5. The standard InChI is InChI=1S/C10H16N4OS/c1-14-12-10(11-13-14)6-8(15)7-16-9-4-2-3-5-9/h9H,2-7H2,1H3.